The van der Waals surface area contributed by atoms with E-state index >= 15 is 0 Å². The van der Waals surface area contributed by atoms with Crippen molar-refractivity contribution in [3.05, 3.63) is 32.6 Å². The van der Waals surface area contributed by atoms with Gasteiger partial charge in [0.15, 0.2) is 0 Å². The molecule has 0 saturated carbocycles. The van der Waals surface area contributed by atoms with Gasteiger partial charge in [-0.25, -0.2) is 4.79 Å². The Morgan fingerprint density at radius 2 is 2.32 bits per heavy atom. The molecule has 2 rings (SSSR count). The summed E-state index contributed by atoms with van der Waals surface area (Å²) < 4.78 is 17.9. The SMILES string of the molecule is COC[C@H]1O[C@@H](n2cc(C)c(=O)[nH]c2=O)CC1OCCC#N. The number of nitrogens with one attached hydrogen (secondary N) is 1. The molecular formula is C14H19N3O5. The van der Waals surface area contributed by atoms with E-state index in [0.717, 1.165) is 0 Å². The van der Waals surface area contributed by atoms with Crippen molar-refractivity contribution in [3.63, 3.8) is 0 Å². The van der Waals surface area contributed by atoms with Gasteiger partial charge in [-0.05, 0) is 6.92 Å². The molecule has 2 heterocycles. The number of methoxy groups -OCH3 is 1. The number of rotatable bonds is 6. The summed E-state index contributed by atoms with van der Waals surface area (Å²) >= 11 is 0. The number of hydrogen-bond acceptors (Lipinski definition) is 6. The Bertz CT molecular complexity index is 660. The van der Waals surface area contributed by atoms with Crippen molar-refractivity contribution in [2.75, 3.05) is 20.3 Å². The fraction of sp³-hybridized carbons (Fsp3) is 0.643. The monoisotopic (exact) mass is 309 g/mol. The van der Waals surface area contributed by atoms with Crippen LogP contribution in [0, 0.1) is 18.3 Å². The Hall–Kier alpha value is -1.95. The van der Waals surface area contributed by atoms with E-state index in [4.69, 9.17) is 19.5 Å². The predicted octanol–water partition coefficient (Wildman–Crippen LogP) is 0.0778. The van der Waals surface area contributed by atoms with Crippen molar-refractivity contribution < 1.29 is 14.2 Å². The molecule has 3 atom stereocenters. The van der Waals surface area contributed by atoms with Crippen molar-refractivity contribution in [1.29, 1.82) is 5.26 Å². The molecule has 0 aromatic carbocycles. The molecule has 0 radical (unpaired) electrons. The van der Waals surface area contributed by atoms with Gasteiger partial charge in [-0.15, -0.1) is 0 Å². The predicted molar refractivity (Wildman–Crippen MR) is 76.4 cm³/mol. The van der Waals surface area contributed by atoms with Crippen LogP contribution in [0.5, 0.6) is 0 Å². The first-order valence-electron chi connectivity index (χ1n) is 7.01. The highest BCUT2D eigenvalue weighted by molar-refractivity contribution is 5.02. The second-order valence-corrected chi connectivity index (χ2v) is 5.12. The lowest BCUT2D eigenvalue weighted by Gasteiger charge is -2.17. The van der Waals surface area contributed by atoms with Crippen LogP contribution in [-0.2, 0) is 14.2 Å². The van der Waals surface area contributed by atoms with Gasteiger partial charge >= 0.3 is 5.69 Å². The lowest BCUT2D eigenvalue weighted by Crippen LogP contribution is -2.33. The van der Waals surface area contributed by atoms with Crippen molar-refractivity contribution in [3.8, 4) is 6.07 Å². The molecule has 0 bridgehead atoms. The second-order valence-electron chi connectivity index (χ2n) is 5.12. The normalized spacial score (nSPS) is 24.3. The highest BCUT2D eigenvalue weighted by atomic mass is 16.6. The van der Waals surface area contributed by atoms with Gasteiger partial charge in [0, 0.05) is 25.3 Å². The van der Waals surface area contributed by atoms with Crippen LogP contribution in [-0.4, -0.2) is 42.1 Å². The molecule has 1 aromatic rings. The van der Waals surface area contributed by atoms with E-state index in [1.807, 2.05) is 6.07 Å². The summed E-state index contributed by atoms with van der Waals surface area (Å²) in [7, 11) is 1.55. The minimum atomic E-state index is -0.532. The largest absolute Gasteiger partial charge is 0.382 e. The molecule has 1 aliphatic rings. The van der Waals surface area contributed by atoms with E-state index in [2.05, 4.69) is 4.98 Å². The Morgan fingerprint density at radius 1 is 1.55 bits per heavy atom. The quantitative estimate of drug-likeness (QED) is 0.746. The maximum atomic E-state index is 11.9. The molecule has 1 aromatic heterocycles. The van der Waals surface area contributed by atoms with E-state index < -0.39 is 17.5 Å². The highest BCUT2D eigenvalue weighted by Gasteiger charge is 2.37. The van der Waals surface area contributed by atoms with Gasteiger partial charge in [-0.3, -0.25) is 14.3 Å². The number of nitrogens with zero attached hydrogens (tertiary/aromatic N) is 2. The van der Waals surface area contributed by atoms with Crippen LogP contribution < -0.4 is 11.2 Å². The lowest BCUT2D eigenvalue weighted by molar-refractivity contribution is -0.0691. The van der Waals surface area contributed by atoms with Gasteiger partial charge in [-0.2, -0.15) is 5.26 Å². The zero-order valence-electron chi connectivity index (χ0n) is 12.6. The molecule has 1 saturated heterocycles. The summed E-state index contributed by atoms with van der Waals surface area (Å²) in [5.74, 6) is 0. The average Bonchev–Trinajstić information content (AvgIpc) is 2.87. The van der Waals surface area contributed by atoms with Crippen molar-refractivity contribution in [2.24, 2.45) is 0 Å². The zero-order valence-corrected chi connectivity index (χ0v) is 12.6. The first kappa shape index (κ1) is 16.4. The molecule has 8 nitrogen and oxygen atoms in total. The van der Waals surface area contributed by atoms with Crippen molar-refractivity contribution in [1.82, 2.24) is 9.55 Å². The molecule has 0 aliphatic carbocycles. The summed E-state index contributed by atoms with van der Waals surface area (Å²) in [5, 5.41) is 8.57. The molecule has 1 fully saturated rings. The van der Waals surface area contributed by atoms with E-state index in [0.29, 0.717) is 31.6 Å². The van der Waals surface area contributed by atoms with Crippen LogP contribution >= 0.6 is 0 Å². The number of aromatic amines is 1. The van der Waals surface area contributed by atoms with Crippen LogP contribution in [0.4, 0.5) is 0 Å². The summed E-state index contributed by atoms with van der Waals surface area (Å²) in [6, 6.07) is 2.01. The summed E-state index contributed by atoms with van der Waals surface area (Å²) in [6.45, 7) is 2.25. The first-order chi connectivity index (χ1) is 10.6. The maximum absolute atomic E-state index is 11.9. The number of ether oxygens (including phenoxy) is 3. The van der Waals surface area contributed by atoms with Crippen LogP contribution in [0.1, 0.15) is 24.6 Å². The van der Waals surface area contributed by atoms with Crippen LogP contribution in [0.25, 0.3) is 0 Å². The summed E-state index contributed by atoms with van der Waals surface area (Å²) in [4.78, 5) is 25.6. The fourth-order valence-corrected chi connectivity index (χ4v) is 2.42. The second kappa shape index (κ2) is 7.35. The topological polar surface area (TPSA) is 106 Å². The van der Waals surface area contributed by atoms with Gasteiger partial charge in [-0.1, -0.05) is 0 Å². The van der Waals surface area contributed by atoms with E-state index in [1.54, 1.807) is 14.0 Å². The minimum absolute atomic E-state index is 0.266. The van der Waals surface area contributed by atoms with Gasteiger partial charge in [0.1, 0.15) is 12.3 Å². The van der Waals surface area contributed by atoms with Gasteiger partial charge in [0.2, 0.25) is 0 Å². The zero-order chi connectivity index (χ0) is 16.1. The first-order valence-corrected chi connectivity index (χ1v) is 7.01. The molecule has 1 unspecified atom stereocenters. The Balaban J connectivity index is 2.16. The van der Waals surface area contributed by atoms with Gasteiger partial charge in [0.05, 0.1) is 31.8 Å². The molecule has 1 aliphatic heterocycles. The van der Waals surface area contributed by atoms with Crippen LogP contribution in [0.15, 0.2) is 15.8 Å². The Morgan fingerprint density at radius 3 is 3.00 bits per heavy atom. The van der Waals surface area contributed by atoms with E-state index in [1.165, 1.54) is 10.8 Å². The third-order valence-corrected chi connectivity index (χ3v) is 3.51. The Kier molecular flexibility index (Phi) is 5.49. The Labute approximate surface area is 127 Å². The molecular weight excluding hydrogens is 290 g/mol. The number of aryl methyl sites for hydroxylation is 1. The summed E-state index contributed by atoms with van der Waals surface area (Å²) in [6.07, 6.45) is 1.09. The van der Waals surface area contributed by atoms with Crippen molar-refractivity contribution >= 4 is 0 Å². The molecule has 0 spiro atoms. The molecule has 22 heavy (non-hydrogen) atoms. The molecule has 8 heteroatoms. The number of nitriles is 1. The number of aromatic nitrogens is 2. The average molecular weight is 309 g/mol. The van der Waals surface area contributed by atoms with E-state index in [-0.39, 0.29) is 12.2 Å². The molecule has 0 amide bonds. The lowest BCUT2D eigenvalue weighted by atomic mass is 10.2. The molecule has 1 N–H and O–H groups in total. The molecule has 120 valence electrons. The highest BCUT2D eigenvalue weighted by Crippen LogP contribution is 2.30. The van der Waals surface area contributed by atoms with Crippen LogP contribution in [0.2, 0.25) is 0 Å². The smallest absolute Gasteiger partial charge is 0.330 e. The van der Waals surface area contributed by atoms with Crippen LogP contribution in [0.3, 0.4) is 0 Å². The third-order valence-electron chi connectivity index (χ3n) is 3.51. The van der Waals surface area contributed by atoms with Gasteiger partial charge < -0.3 is 14.2 Å². The van der Waals surface area contributed by atoms with E-state index in [9.17, 15) is 9.59 Å². The number of H-pyrrole nitrogens is 1. The number of hydrogen-bond donors (Lipinski definition) is 1. The van der Waals surface area contributed by atoms with Crippen molar-refractivity contribution in [2.45, 2.75) is 38.2 Å². The summed E-state index contributed by atoms with van der Waals surface area (Å²) in [5.41, 5.74) is -0.496. The van der Waals surface area contributed by atoms with Gasteiger partial charge in [0.25, 0.3) is 5.56 Å². The third kappa shape index (κ3) is 3.62. The fourth-order valence-electron chi connectivity index (χ4n) is 2.42. The minimum Gasteiger partial charge on any atom is -0.382 e. The maximum Gasteiger partial charge on any atom is 0.330 e. The standard InChI is InChI=1S/C14H19N3O5/c1-9-7-17(14(19)16-13(9)18)12-6-10(21-5-3-4-15)11(22-12)8-20-2/h7,10-12H,3,5-6,8H2,1-2H3,(H,16,18,19)/t10?,11-,12-/m1/s1.